The second-order valence-corrected chi connectivity index (χ2v) is 11.3. The van der Waals surface area contributed by atoms with Crippen LogP contribution in [-0.4, -0.2) is 41.7 Å². The van der Waals surface area contributed by atoms with Crippen molar-refractivity contribution in [3.63, 3.8) is 0 Å². The molecule has 0 atom stereocenters. The summed E-state index contributed by atoms with van der Waals surface area (Å²) in [4.78, 5) is 15.5. The number of phenolic OH excluding ortho intramolecular Hbond substituents is 1. The van der Waals surface area contributed by atoms with Crippen molar-refractivity contribution in [3.8, 4) is 28.4 Å². The number of nitrogens with zero attached hydrogens (tertiary/aromatic N) is 1. The molecule has 3 aliphatic rings. The van der Waals surface area contributed by atoms with Crippen molar-refractivity contribution in [2.75, 3.05) is 25.5 Å². The van der Waals surface area contributed by atoms with E-state index in [1.165, 1.54) is 0 Å². The van der Waals surface area contributed by atoms with Crippen molar-refractivity contribution in [3.05, 3.63) is 76.4 Å². The van der Waals surface area contributed by atoms with E-state index in [9.17, 15) is 9.90 Å². The van der Waals surface area contributed by atoms with Crippen LogP contribution in [0.1, 0.15) is 66.2 Å². The van der Waals surface area contributed by atoms with Gasteiger partial charge in [-0.1, -0.05) is 29.8 Å². The Morgan fingerprint density at radius 3 is 2.56 bits per heavy atom. The zero-order chi connectivity index (χ0) is 27.5. The molecule has 0 bridgehead atoms. The molecular formula is C33H34N2O4. The second kappa shape index (κ2) is 9.23. The van der Waals surface area contributed by atoms with Crippen LogP contribution in [0.4, 0.5) is 5.69 Å². The number of hydrogen-bond acceptors (Lipinski definition) is 5. The lowest BCUT2D eigenvalue weighted by atomic mass is 9.82. The fourth-order valence-electron chi connectivity index (χ4n) is 6.18. The van der Waals surface area contributed by atoms with E-state index in [2.05, 4.69) is 44.3 Å². The molecule has 3 aromatic rings. The van der Waals surface area contributed by atoms with Gasteiger partial charge in [0, 0.05) is 41.0 Å². The average Bonchev–Trinajstić information content (AvgIpc) is 3.43. The number of benzene rings is 3. The highest BCUT2D eigenvalue weighted by molar-refractivity contribution is 6.04. The lowest BCUT2D eigenvalue weighted by molar-refractivity contribution is 0.0792. The third kappa shape index (κ3) is 4.24. The Morgan fingerprint density at radius 2 is 1.82 bits per heavy atom. The summed E-state index contributed by atoms with van der Waals surface area (Å²) < 4.78 is 12.3. The normalized spacial score (nSPS) is 17.9. The van der Waals surface area contributed by atoms with Crippen LogP contribution >= 0.6 is 0 Å². The number of hydrogen-bond donors (Lipinski definition) is 2. The van der Waals surface area contributed by atoms with E-state index in [4.69, 9.17) is 9.47 Å². The first-order valence-electron chi connectivity index (χ1n) is 13.5. The van der Waals surface area contributed by atoms with Gasteiger partial charge >= 0.3 is 0 Å². The van der Waals surface area contributed by atoms with E-state index in [1.807, 2.05) is 36.1 Å². The van der Waals surface area contributed by atoms with Gasteiger partial charge in [-0.2, -0.15) is 0 Å². The number of amides is 1. The number of nitrogens with one attached hydrogen (secondary N) is 1. The highest BCUT2D eigenvalue weighted by atomic mass is 16.5. The van der Waals surface area contributed by atoms with Crippen LogP contribution in [-0.2, 0) is 0 Å². The van der Waals surface area contributed by atoms with Gasteiger partial charge in [0.25, 0.3) is 5.91 Å². The standard InChI is InChI=1S/C33H34N2O4/c1-19-8-9-22(32(37)35-14-6-7-15-35)21(16-19)17-27-29-23(30-26(39-27)13-12-25(36)31(30)38-5)10-11-24-28(29)20(2)18-33(3,4)34-24/h8-13,16-18,34,36H,6-7,14-15H2,1-5H3. The molecule has 3 aromatic carbocycles. The number of phenols is 1. The maximum absolute atomic E-state index is 13.5. The lowest BCUT2D eigenvalue weighted by Gasteiger charge is -2.35. The van der Waals surface area contributed by atoms with E-state index < -0.39 is 0 Å². The molecule has 1 fully saturated rings. The molecule has 6 nitrogen and oxygen atoms in total. The highest BCUT2D eigenvalue weighted by Gasteiger charge is 2.34. The van der Waals surface area contributed by atoms with Crippen LogP contribution in [0.25, 0.3) is 28.5 Å². The van der Waals surface area contributed by atoms with Gasteiger partial charge in [0.2, 0.25) is 0 Å². The van der Waals surface area contributed by atoms with Crippen molar-refractivity contribution in [1.29, 1.82) is 0 Å². The van der Waals surface area contributed by atoms with Gasteiger partial charge in [-0.3, -0.25) is 4.79 Å². The van der Waals surface area contributed by atoms with Gasteiger partial charge in [0.05, 0.1) is 18.2 Å². The minimum Gasteiger partial charge on any atom is -0.504 e. The predicted molar refractivity (Wildman–Crippen MR) is 156 cm³/mol. The third-order valence-electron chi connectivity index (χ3n) is 7.79. The molecule has 1 saturated heterocycles. The summed E-state index contributed by atoms with van der Waals surface area (Å²) in [6.07, 6.45) is 6.29. The summed E-state index contributed by atoms with van der Waals surface area (Å²) in [7, 11) is 1.55. The first kappa shape index (κ1) is 25.1. The number of likely N-dealkylation sites (tertiary alicyclic amines) is 1. The maximum atomic E-state index is 13.5. The first-order valence-corrected chi connectivity index (χ1v) is 13.5. The molecule has 6 heteroatoms. The number of ether oxygens (including phenoxy) is 2. The fraction of sp³-hybridized carbons (Fsp3) is 0.303. The van der Waals surface area contributed by atoms with Gasteiger partial charge < -0.3 is 24.8 Å². The molecule has 200 valence electrons. The summed E-state index contributed by atoms with van der Waals surface area (Å²) in [5.74, 6) is 1.72. The molecule has 0 radical (unpaired) electrons. The average molecular weight is 523 g/mol. The van der Waals surface area contributed by atoms with Gasteiger partial charge in [0.1, 0.15) is 11.5 Å². The van der Waals surface area contributed by atoms with Crippen molar-refractivity contribution in [2.45, 2.75) is 46.1 Å². The van der Waals surface area contributed by atoms with Crippen molar-refractivity contribution in [1.82, 2.24) is 4.90 Å². The van der Waals surface area contributed by atoms with Crippen molar-refractivity contribution >= 4 is 29.0 Å². The molecule has 3 heterocycles. The van der Waals surface area contributed by atoms with Gasteiger partial charge in [0.15, 0.2) is 11.5 Å². The van der Waals surface area contributed by atoms with Crippen LogP contribution in [0.3, 0.4) is 0 Å². The van der Waals surface area contributed by atoms with Crippen LogP contribution < -0.4 is 14.8 Å². The lowest BCUT2D eigenvalue weighted by Crippen LogP contribution is -2.32. The number of aryl methyl sites for hydroxylation is 1. The highest BCUT2D eigenvalue weighted by Crippen LogP contribution is 2.54. The number of anilines is 1. The van der Waals surface area contributed by atoms with Gasteiger partial charge in [-0.25, -0.2) is 0 Å². The molecule has 0 aromatic heterocycles. The molecular weight excluding hydrogens is 488 g/mol. The number of carbonyl (C=O) groups is 1. The molecule has 3 aliphatic heterocycles. The molecule has 1 amide bonds. The second-order valence-electron chi connectivity index (χ2n) is 11.3. The number of carbonyl (C=O) groups excluding carboxylic acids is 1. The SMILES string of the molecule is COc1c(O)ccc2c1-c1ccc3c(c1C(=Cc1cc(C)ccc1C(=O)N1CCCC1)O2)C(C)=CC(C)(C)N3. The molecule has 39 heavy (non-hydrogen) atoms. The predicted octanol–water partition coefficient (Wildman–Crippen LogP) is 7.11. The number of rotatable bonds is 3. The van der Waals surface area contributed by atoms with E-state index in [-0.39, 0.29) is 17.2 Å². The Balaban J connectivity index is 1.61. The smallest absolute Gasteiger partial charge is 0.254 e. The van der Waals surface area contributed by atoms with Gasteiger partial charge in [-0.05, 0) is 82.0 Å². The number of allylic oxidation sites excluding steroid dienone is 1. The summed E-state index contributed by atoms with van der Waals surface area (Å²) in [5.41, 5.74) is 8.05. The largest absolute Gasteiger partial charge is 0.504 e. The minimum atomic E-state index is -0.204. The van der Waals surface area contributed by atoms with Crippen LogP contribution in [0.5, 0.6) is 17.2 Å². The molecule has 0 unspecified atom stereocenters. The molecule has 0 spiro atoms. The summed E-state index contributed by atoms with van der Waals surface area (Å²) in [5, 5.41) is 14.3. The topological polar surface area (TPSA) is 71.0 Å². The van der Waals surface area contributed by atoms with Crippen LogP contribution in [0, 0.1) is 6.92 Å². The van der Waals surface area contributed by atoms with Crippen molar-refractivity contribution < 1.29 is 19.4 Å². The third-order valence-corrected chi connectivity index (χ3v) is 7.79. The quantitative estimate of drug-likeness (QED) is 0.384. The summed E-state index contributed by atoms with van der Waals surface area (Å²) in [6.45, 7) is 10.0. The van der Waals surface area contributed by atoms with Gasteiger partial charge in [-0.15, -0.1) is 0 Å². The molecule has 0 aliphatic carbocycles. The maximum Gasteiger partial charge on any atom is 0.254 e. The van der Waals surface area contributed by atoms with Crippen LogP contribution in [0.2, 0.25) is 0 Å². The zero-order valence-electron chi connectivity index (χ0n) is 23.1. The first-order chi connectivity index (χ1) is 18.7. The Kier molecular flexibility index (Phi) is 5.94. The number of aromatic hydroxyl groups is 1. The minimum absolute atomic E-state index is 0.0527. The Hall–Kier alpha value is -4.19. The zero-order valence-corrected chi connectivity index (χ0v) is 23.1. The summed E-state index contributed by atoms with van der Waals surface area (Å²) >= 11 is 0. The summed E-state index contributed by atoms with van der Waals surface area (Å²) in [6, 6.07) is 13.5. The molecule has 6 rings (SSSR count). The van der Waals surface area contributed by atoms with E-state index in [0.29, 0.717) is 28.4 Å². The Bertz CT molecular complexity index is 1570. The molecule has 0 saturated carbocycles. The Labute approximate surface area is 229 Å². The van der Waals surface area contributed by atoms with E-state index in [0.717, 1.165) is 65.0 Å². The van der Waals surface area contributed by atoms with E-state index in [1.54, 1.807) is 19.2 Å². The van der Waals surface area contributed by atoms with E-state index >= 15 is 0 Å². The molecule has 2 N–H and O–H groups in total. The van der Waals surface area contributed by atoms with Crippen molar-refractivity contribution in [2.24, 2.45) is 0 Å². The monoisotopic (exact) mass is 522 g/mol. The number of fused-ring (bicyclic) bond motifs is 5. The fourth-order valence-corrected chi connectivity index (χ4v) is 6.18. The van der Waals surface area contributed by atoms with Crippen LogP contribution in [0.15, 0.2) is 48.5 Å². The Morgan fingerprint density at radius 1 is 1.05 bits per heavy atom. The number of methoxy groups -OCH3 is 1.